The van der Waals surface area contributed by atoms with Gasteiger partial charge in [-0.05, 0) is 39.8 Å². The first-order chi connectivity index (χ1) is 12.5. The first kappa shape index (κ1) is 22.3. The van der Waals surface area contributed by atoms with Gasteiger partial charge in [-0.2, -0.15) is 0 Å². The van der Waals surface area contributed by atoms with Crippen LogP contribution < -0.4 is 4.74 Å². The molecule has 0 aliphatic heterocycles. The van der Waals surface area contributed by atoms with Crippen LogP contribution in [-0.2, 0) is 11.3 Å². The van der Waals surface area contributed by atoms with Crippen molar-refractivity contribution in [1.82, 2.24) is 9.88 Å². The molecule has 0 atom stereocenters. The molecule has 0 unspecified atom stereocenters. The molecule has 0 aromatic carbocycles. The molecule has 0 aliphatic carbocycles. The molecule has 6 nitrogen and oxygen atoms in total. The summed E-state index contributed by atoms with van der Waals surface area (Å²) in [6.07, 6.45) is 1.27. The standard InChI is InChI=1S/C19H25F2N3O3/c1-12(2)8-15(21)16(22-6)24(18(25)27-19(3,4)5)11-13-9-14(20)10-23-17(13)26-7/h8-10H,1,11H2,2-7H3/b15-8+,22-16?. The van der Waals surface area contributed by atoms with E-state index in [2.05, 4.69) is 16.6 Å². The molecule has 1 rings (SSSR count). The van der Waals surface area contributed by atoms with Crippen LogP contribution in [0.1, 0.15) is 33.3 Å². The third-order valence-corrected chi connectivity index (χ3v) is 3.08. The molecular weight excluding hydrogens is 356 g/mol. The zero-order valence-electron chi connectivity index (χ0n) is 16.5. The highest BCUT2D eigenvalue weighted by Crippen LogP contribution is 2.22. The minimum absolute atomic E-state index is 0.102. The number of allylic oxidation sites excluding steroid dienone is 2. The molecule has 0 aliphatic rings. The second kappa shape index (κ2) is 9.25. The van der Waals surface area contributed by atoms with E-state index in [9.17, 15) is 13.6 Å². The van der Waals surface area contributed by atoms with E-state index in [1.165, 1.54) is 14.2 Å². The number of pyridine rings is 1. The van der Waals surface area contributed by atoms with Gasteiger partial charge in [0.2, 0.25) is 5.88 Å². The maximum Gasteiger partial charge on any atom is 0.416 e. The fourth-order valence-electron chi connectivity index (χ4n) is 2.12. The Morgan fingerprint density at radius 1 is 1.44 bits per heavy atom. The van der Waals surface area contributed by atoms with Crippen molar-refractivity contribution >= 4 is 11.9 Å². The van der Waals surface area contributed by atoms with E-state index >= 15 is 0 Å². The summed E-state index contributed by atoms with van der Waals surface area (Å²) < 4.78 is 38.7. The Morgan fingerprint density at radius 2 is 2.07 bits per heavy atom. The first-order valence-electron chi connectivity index (χ1n) is 8.17. The van der Waals surface area contributed by atoms with E-state index in [-0.39, 0.29) is 23.8 Å². The molecular formula is C19H25F2N3O3. The third kappa shape index (κ3) is 6.80. The van der Waals surface area contributed by atoms with Crippen LogP contribution in [0.5, 0.6) is 5.88 Å². The Hall–Kier alpha value is -2.77. The maximum absolute atomic E-state index is 14.6. The molecule has 0 saturated heterocycles. The van der Waals surface area contributed by atoms with Crippen LogP contribution in [0, 0.1) is 5.82 Å². The van der Waals surface area contributed by atoms with Crippen LogP contribution >= 0.6 is 0 Å². The number of methoxy groups -OCH3 is 1. The van der Waals surface area contributed by atoms with Crippen molar-refractivity contribution < 1.29 is 23.0 Å². The monoisotopic (exact) mass is 381 g/mol. The van der Waals surface area contributed by atoms with Gasteiger partial charge in [-0.3, -0.25) is 9.89 Å². The molecule has 1 heterocycles. The van der Waals surface area contributed by atoms with Crippen LogP contribution in [0.25, 0.3) is 0 Å². The Balaban J connectivity index is 3.40. The molecule has 8 heteroatoms. The van der Waals surface area contributed by atoms with Gasteiger partial charge in [-0.25, -0.2) is 18.6 Å². The lowest BCUT2D eigenvalue weighted by Crippen LogP contribution is -2.41. The minimum atomic E-state index is -0.848. The number of amidine groups is 1. The van der Waals surface area contributed by atoms with E-state index in [0.29, 0.717) is 5.57 Å². The minimum Gasteiger partial charge on any atom is -0.481 e. The lowest BCUT2D eigenvalue weighted by molar-refractivity contribution is 0.0356. The van der Waals surface area contributed by atoms with Crippen LogP contribution in [-0.4, -0.2) is 41.6 Å². The van der Waals surface area contributed by atoms with Gasteiger partial charge >= 0.3 is 6.09 Å². The molecule has 148 valence electrons. The number of hydrogen-bond acceptors (Lipinski definition) is 5. The summed E-state index contributed by atoms with van der Waals surface area (Å²) >= 11 is 0. The van der Waals surface area contributed by atoms with Gasteiger partial charge < -0.3 is 9.47 Å². The second-order valence-electron chi connectivity index (χ2n) is 6.77. The molecule has 1 aromatic rings. The largest absolute Gasteiger partial charge is 0.481 e. The van der Waals surface area contributed by atoms with Gasteiger partial charge in [0.05, 0.1) is 19.9 Å². The average molecular weight is 381 g/mol. The number of aromatic nitrogens is 1. The molecule has 0 radical (unpaired) electrons. The molecule has 0 saturated carbocycles. The molecule has 0 fully saturated rings. The fraction of sp³-hybridized carbons (Fsp3) is 0.421. The maximum atomic E-state index is 14.6. The number of rotatable bonds is 5. The van der Waals surface area contributed by atoms with Crippen molar-refractivity contribution in [3.63, 3.8) is 0 Å². The van der Waals surface area contributed by atoms with Crippen molar-refractivity contribution in [2.45, 2.75) is 39.8 Å². The fourth-order valence-corrected chi connectivity index (χ4v) is 2.12. The van der Waals surface area contributed by atoms with Gasteiger partial charge in [0.1, 0.15) is 11.4 Å². The quantitative estimate of drug-likeness (QED) is 0.430. The van der Waals surface area contributed by atoms with Gasteiger partial charge in [0.15, 0.2) is 11.7 Å². The van der Waals surface area contributed by atoms with Gasteiger partial charge in [0, 0.05) is 12.6 Å². The SMILES string of the molecule is C=C(C)/C=C(/F)C(=NC)N(Cc1cc(F)cnc1OC)C(=O)OC(C)(C)C. The molecule has 0 spiro atoms. The van der Waals surface area contributed by atoms with E-state index in [0.717, 1.165) is 23.2 Å². The predicted octanol–water partition coefficient (Wildman–Crippen LogP) is 4.42. The Morgan fingerprint density at radius 3 is 2.56 bits per heavy atom. The average Bonchev–Trinajstić information content (AvgIpc) is 2.52. The highest BCUT2D eigenvalue weighted by Gasteiger charge is 2.29. The van der Waals surface area contributed by atoms with Crippen molar-refractivity contribution in [2.75, 3.05) is 14.2 Å². The third-order valence-electron chi connectivity index (χ3n) is 3.08. The van der Waals surface area contributed by atoms with Gasteiger partial charge in [-0.15, -0.1) is 0 Å². The summed E-state index contributed by atoms with van der Waals surface area (Å²) in [6, 6.07) is 1.15. The normalized spacial score (nSPS) is 12.6. The summed E-state index contributed by atoms with van der Waals surface area (Å²) in [5.74, 6) is -1.58. The van der Waals surface area contributed by atoms with E-state index in [1.807, 2.05) is 0 Å². The number of ether oxygens (including phenoxy) is 2. The smallest absolute Gasteiger partial charge is 0.416 e. The summed E-state index contributed by atoms with van der Waals surface area (Å²) in [5.41, 5.74) is -0.164. The zero-order valence-corrected chi connectivity index (χ0v) is 16.5. The molecule has 1 aromatic heterocycles. The van der Waals surface area contributed by atoms with E-state index in [1.54, 1.807) is 27.7 Å². The number of aliphatic imine (C=N–C) groups is 1. The number of carbonyl (C=O) groups is 1. The summed E-state index contributed by atoms with van der Waals surface area (Å²) in [6.45, 7) is 9.99. The first-order valence-corrected chi connectivity index (χ1v) is 8.17. The lowest BCUT2D eigenvalue weighted by atomic mass is 10.2. The van der Waals surface area contributed by atoms with E-state index < -0.39 is 23.3 Å². The van der Waals surface area contributed by atoms with Crippen molar-refractivity contribution in [3.8, 4) is 5.88 Å². The Kier molecular flexibility index (Phi) is 7.63. The number of amides is 1. The summed E-state index contributed by atoms with van der Waals surface area (Å²) in [7, 11) is 2.69. The van der Waals surface area contributed by atoms with Crippen molar-refractivity contribution in [1.29, 1.82) is 0 Å². The highest BCUT2D eigenvalue weighted by atomic mass is 19.1. The number of nitrogens with zero attached hydrogens (tertiary/aromatic N) is 3. The van der Waals surface area contributed by atoms with Crippen LogP contribution in [0.2, 0.25) is 0 Å². The van der Waals surface area contributed by atoms with Crippen LogP contribution in [0.3, 0.4) is 0 Å². The summed E-state index contributed by atoms with van der Waals surface area (Å²) in [5, 5.41) is 0. The van der Waals surface area contributed by atoms with Crippen LogP contribution in [0.15, 0.2) is 41.3 Å². The lowest BCUT2D eigenvalue weighted by Gasteiger charge is -2.28. The van der Waals surface area contributed by atoms with Gasteiger partial charge in [-0.1, -0.05) is 12.2 Å². The molecule has 0 N–H and O–H groups in total. The van der Waals surface area contributed by atoms with Crippen molar-refractivity contribution in [2.24, 2.45) is 4.99 Å². The predicted molar refractivity (Wildman–Crippen MR) is 99.9 cm³/mol. The molecule has 0 bridgehead atoms. The Bertz CT molecular complexity index is 768. The van der Waals surface area contributed by atoms with Crippen LogP contribution in [0.4, 0.5) is 13.6 Å². The van der Waals surface area contributed by atoms with Crippen molar-refractivity contribution in [3.05, 3.63) is 47.7 Å². The number of carbonyl (C=O) groups excluding carboxylic acids is 1. The topological polar surface area (TPSA) is 64.0 Å². The number of hydrogen-bond donors (Lipinski definition) is 0. The van der Waals surface area contributed by atoms with Gasteiger partial charge in [0.25, 0.3) is 0 Å². The molecule has 27 heavy (non-hydrogen) atoms. The zero-order chi connectivity index (χ0) is 20.8. The summed E-state index contributed by atoms with van der Waals surface area (Å²) in [4.78, 5) is 21.3. The Labute approximate surface area is 158 Å². The number of halogens is 2. The molecule has 1 amide bonds. The van der Waals surface area contributed by atoms with E-state index in [4.69, 9.17) is 9.47 Å². The second-order valence-corrected chi connectivity index (χ2v) is 6.77. The highest BCUT2D eigenvalue weighted by molar-refractivity contribution is 6.05.